The van der Waals surface area contributed by atoms with Gasteiger partial charge < -0.3 is 5.11 Å². The molecule has 0 saturated carbocycles. The van der Waals surface area contributed by atoms with Crippen LogP contribution in [0.3, 0.4) is 0 Å². The molecule has 0 rings (SSSR count). The Balaban J connectivity index is 3.45. The Labute approximate surface area is 134 Å². The zero-order chi connectivity index (χ0) is 16.1. The van der Waals surface area contributed by atoms with Crippen LogP contribution in [-0.4, -0.2) is 10.7 Å². The summed E-state index contributed by atoms with van der Waals surface area (Å²) in [4.78, 5) is 0. The van der Waals surface area contributed by atoms with Crippen LogP contribution in [0.25, 0.3) is 0 Å². The van der Waals surface area contributed by atoms with E-state index in [0.29, 0.717) is 0 Å². The summed E-state index contributed by atoms with van der Waals surface area (Å²) in [5.74, 6) is 0. The van der Waals surface area contributed by atoms with Crippen LogP contribution in [0.1, 0.15) is 112 Å². The highest BCUT2D eigenvalue weighted by molar-refractivity contribution is 5.18. The van der Waals surface area contributed by atoms with E-state index >= 15 is 0 Å². The number of unbranched alkanes of at least 4 members (excludes halogenated alkanes) is 10. The first kappa shape index (κ1) is 20.7. The lowest BCUT2D eigenvalue weighted by atomic mass is 9.92. The van der Waals surface area contributed by atoms with Crippen molar-refractivity contribution in [3.63, 3.8) is 0 Å². The molecule has 0 unspecified atom stereocenters. The van der Waals surface area contributed by atoms with E-state index in [2.05, 4.69) is 20.8 Å². The molecule has 0 amide bonds. The van der Waals surface area contributed by atoms with E-state index in [9.17, 15) is 5.11 Å². The van der Waals surface area contributed by atoms with Crippen LogP contribution in [0.2, 0.25) is 0 Å². The summed E-state index contributed by atoms with van der Waals surface area (Å²) in [5.41, 5.74) is 1.87. The maximum atomic E-state index is 9.98. The van der Waals surface area contributed by atoms with Gasteiger partial charge in [-0.2, -0.15) is 0 Å². The average Bonchev–Trinajstić information content (AvgIpc) is 2.42. The molecular formula is C20H40O. The smallest absolute Gasteiger partial charge is 0.0800 e. The zero-order valence-electron chi connectivity index (χ0n) is 15.4. The molecule has 0 bridgehead atoms. The molecule has 0 aromatic carbocycles. The lowest BCUT2D eigenvalue weighted by Crippen LogP contribution is -2.21. The Morgan fingerprint density at radius 2 is 1.10 bits per heavy atom. The fraction of sp³-hybridized carbons (Fsp3) is 0.900. The summed E-state index contributed by atoms with van der Waals surface area (Å²) in [6.07, 6.45) is 16.5. The van der Waals surface area contributed by atoms with E-state index in [-0.39, 0.29) is 0 Å². The maximum Gasteiger partial charge on any atom is 0.0800 e. The predicted octanol–water partition coefficient (Wildman–Crippen LogP) is 6.79. The normalized spacial score (nSPS) is 13.4. The molecule has 0 spiro atoms. The fourth-order valence-electron chi connectivity index (χ4n) is 2.76. The van der Waals surface area contributed by atoms with E-state index in [0.717, 1.165) is 12.0 Å². The Kier molecular flexibility index (Phi) is 12.1. The van der Waals surface area contributed by atoms with Gasteiger partial charge in [0.05, 0.1) is 5.60 Å². The summed E-state index contributed by atoms with van der Waals surface area (Å²) in [6, 6.07) is 0. The van der Waals surface area contributed by atoms with Crippen molar-refractivity contribution in [2.75, 3.05) is 0 Å². The maximum absolute atomic E-state index is 9.98. The van der Waals surface area contributed by atoms with Crippen LogP contribution < -0.4 is 0 Å². The molecule has 0 aliphatic heterocycles. The Hall–Kier alpha value is -0.300. The monoisotopic (exact) mass is 296 g/mol. The largest absolute Gasteiger partial charge is 0.386 e. The molecule has 21 heavy (non-hydrogen) atoms. The average molecular weight is 297 g/mol. The number of rotatable bonds is 13. The minimum Gasteiger partial charge on any atom is -0.386 e. The zero-order valence-corrected chi connectivity index (χ0v) is 15.4. The Morgan fingerprint density at radius 3 is 1.48 bits per heavy atom. The van der Waals surface area contributed by atoms with Crippen molar-refractivity contribution in [1.29, 1.82) is 0 Å². The minimum absolute atomic E-state index is 0.651. The summed E-state index contributed by atoms with van der Waals surface area (Å²) in [6.45, 7) is 10.3. The Bertz CT molecular complexity index is 270. The third kappa shape index (κ3) is 12.0. The number of hydrogen-bond donors (Lipinski definition) is 1. The Morgan fingerprint density at radius 1 is 0.714 bits per heavy atom. The summed E-state index contributed by atoms with van der Waals surface area (Å²) >= 11 is 0. The van der Waals surface area contributed by atoms with Gasteiger partial charge in [-0.15, -0.1) is 0 Å². The molecule has 0 fully saturated rings. The molecule has 1 N–H and O–H groups in total. The molecule has 0 radical (unpaired) electrons. The second-order valence-electron chi connectivity index (χ2n) is 7.25. The van der Waals surface area contributed by atoms with Crippen LogP contribution in [0.15, 0.2) is 11.1 Å². The molecule has 0 aliphatic rings. The highest BCUT2D eigenvalue weighted by Crippen LogP contribution is 2.22. The van der Waals surface area contributed by atoms with Crippen molar-refractivity contribution < 1.29 is 5.11 Å². The number of hydrogen-bond acceptors (Lipinski definition) is 1. The number of allylic oxidation sites excluding steroid dienone is 1. The topological polar surface area (TPSA) is 20.2 Å². The molecule has 0 aromatic rings. The van der Waals surface area contributed by atoms with Crippen molar-refractivity contribution in [2.24, 2.45) is 0 Å². The molecule has 0 aromatic heterocycles. The molecule has 0 atom stereocenters. The van der Waals surface area contributed by atoms with Gasteiger partial charge in [-0.05, 0) is 46.1 Å². The van der Waals surface area contributed by atoms with Gasteiger partial charge in [0.1, 0.15) is 0 Å². The van der Waals surface area contributed by atoms with Gasteiger partial charge in [0.2, 0.25) is 0 Å². The molecule has 0 saturated heterocycles. The van der Waals surface area contributed by atoms with E-state index in [4.69, 9.17) is 0 Å². The molecule has 1 heteroatoms. The second kappa shape index (κ2) is 12.3. The van der Waals surface area contributed by atoms with Gasteiger partial charge in [-0.3, -0.25) is 0 Å². The molecule has 1 nitrogen and oxygen atoms in total. The first-order valence-electron chi connectivity index (χ1n) is 9.28. The van der Waals surface area contributed by atoms with E-state index < -0.39 is 5.60 Å². The SMILES string of the molecule is CCCCCCCCCCCCC/C(C)=C(\C)C(C)(C)O. The molecular weight excluding hydrogens is 256 g/mol. The fourth-order valence-corrected chi connectivity index (χ4v) is 2.76. The van der Waals surface area contributed by atoms with Gasteiger partial charge in [0.25, 0.3) is 0 Å². The summed E-state index contributed by atoms with van der Waals surface area (Å²) < 4.78 is 0. The molecule has 0 aliphatic carbocycles. The highest BCUT2D eigenvalue weighted by Gasteiger charge is 2.16. The quantitative estimate of drug-likeness (QED) is 0.293. The predicted molar refractivity (Wildman–Crippen MR) is 95.7 cm³/mol. The molecule has 126 valence electrons. The van der Waals surface area contributed by atoms with Crippen LogP contribution >= 0.6 is 0 Å². The third-order valence-corrected chi connectivity index (χ3v) is 4.71. The van der Waals surface area contributed by atoms with Gasteiger partial charge in [-0.25, -0.2) is 0 Å². The number of aliphatic hydroxyl groups is 1. The lowest BCUT2D eigenvalue weighted by molar-refractivity contribution is 0.118. The van der Waals surface area contributed by atoms with Crippen LogP contribution in [0.4, 0.5) is 0 Å². The first-order valence-corrected chi connectivity index (χ1v) is 9.28. The van der Waals surface area contributed by atoms with Crippen molar-refractivity contribution in [3.8, 4) is 0 Å². The summed E-state index contributed by atoms with van der Waals surface area (Å²) in [5, 5.41) is 9.98. The van der Waals surface area contributed by atoms with E-state index in [1.165, 1.54) is 76.2 Å². The molecule has 0 heterocycles. The van der Waals surface area contributed by atoms with Crippen molar-refractivity contribution in [2.45, 2.75) is 117 Å². The standard InChI is InChI=1S/C20H40O/c1-6-7-8-9-10-11-12-13-14-15-16-17-18(2)19(3)20(4,5)21/h21H,6-17H2,1-5H3/b19-18+. The van der Waals surface area contributed by atoms with Crippen molar-refractivity contribution in [3.05, 3.63) is 11.1 Å². The summed E-state index contributed by atoms with van der Waals surface area (Å²) in [7, 11) is 0. The van der Waals surface area contributed by atoms with Crippen molar-refractivity contribution in [1.82, 2.24) is 0 Å². The highest BCUT2D eigenvalue weighted by atomic mass is 16.3. The van der Waals surface area contributed by atoms with Gasteiger partial charge in [0.15, 0.2) is 0 Å². The van der Waals surface area contributed by atoms with E-state index in [1.807, 2.05) is 13.8 Å². The van der Waals surface area contributed by atoms with Gasteiger partial charge in [-0.1, -0.05) is 76.7 Å². The van der Waals surface area contributed by atoms with Crippen LogP contribution in [0, 0.1) is 0 Å². The van der Waals surface area contributed by atoms with Crippen LogP contribution in [-0.2, 0) is 0 Å². The van der Waals surface area contributed by atoms with Crippen LogP contribution in [0.5, 0.6) is 0 Å². The van der Waals surface area contributed by atoms with E-state index in [1.54, 1.807) is 0 Å². The van der Waals surface area contributed by atoms with Gasteiger partial charge in [0, 0.05) is 0 Å². The second-order valence-corrected chi connectivity index (χ2v) is 7.25. The lowest BCUT2D eigenvalue weighted by Gasteiger charge is -2.21. The van der Waals surface area contributed by atoms with Crippen molar-refractivity contribution >= 4 is 0 Å². The first-order chi connectivity index (χ1) is 9.89. The third-order valence-electron chi connectivity index (χ3n) is 4.71. The van der Waals surface area contributed by atoms with Gasteiger partial charge >= 0.3 is 0 Å². The minimum atomic E-state index is -0.651.